The van der Waals surface area contributed by atoms with E-state index in [9.17, 15) is 14.0 Å². The smallest absolute Gasteiger partial charge is 0.238 e. The van der Waals surface area contributed by atoms with E-state index in [1.807, 2.05) is 30.3 Å². The highest BCUT2D eigenvalue weighted by molar-refractivity contribution is 8.01. The number of fused-ring (bicyclic) bond motifs is 1. The van der Waals surface area contributed by atoms with Crippen LogP contribution in [0.1, 0.15) is 18.0 Å². The van der Waals surface area contributed by atoms with E-state index in [0.717, 1.165) is 16.1 Å². The molecule has 8 heteroatoms. The maximum Gasteiger partial charge on any atom is 0.238 e. The van der Waals surface area contributed by atoms with Crippen LogP contribution < -0.4 is 10.6 Å². The number of carbonyl (C=O) groups excluding carboxylic acids is 2. The third kappa shape index (κ3) is 5.00. The second-order valence-electron chi connectivity index (χ2n) is 7.32. The molecular formula is C22H24FN3O3S. The van der Waals surface area contributed by atoms with Crippen LogP contribution in [0.15, 0.2) is 53.4 Å². The van der Waals surface area contributed by atoms with Gasteiger partial charge in [-0.1, -0.05) is 24.3 Å². The Bertz CT molecular complexity index is 920. The van der Waals surface area contributed by atoms with Gasteiger partial charge in [0.05, 0.1) is 30.2 Å². The number of benzene rings is 2. The molecule has 0 radical (unpaired) electrons. The molecule has 0 bridgehead atoms. The summed E-state index contributed by atoms with van der Waals surface area (Å²) in [6.07, 6.45) is 0.0871. The summed E-state index contributed by atoms with van der Waals surface area (Å²) in [5.41, 5.74) is 1.60. The first kappa shape index (κ1) is 20.8. The first-order valence-electron chi connectivity index (χ1n) is 10.0. The van der Waals surface area contributed by atoms with Gasteiger partial charge < -0.3 is 15.4 Å². The van der Waals surface area contributed by atoms with Crippen LogP contribution in [-0.4, -0.2) is 54.8 Å². The van der Waals surface area contributed by atoms with E-state index >= 15 is 0 Å². The zero-order chi connectivity index (χ0) is 20.9. The zero-order valence-electron chi connectivity index (χ0n) is 16.5. The molecule has 2 aliphatic rings. The molecule has 2 N–H and O–H groups in total. The molecule has 6 nitrogen and oxygen atoms in total. The van der Waals surface area contributed by atoms with Crippen LogP contribution in [0.3, 0.4) is 0 Å². The second kappa shape index (κ2) is 9.59. The monoisotopic (exact) mass is 429 g/mol. The van der Waals surface area contributed by atoms with Crippen LogP contribution in [0, 0.1) is 5.82 Å². The van der Waals surface area contributed by atoms with E-state index in [4.69, 9.17) is 4.74 Å². The molecule has 0 saturated carbocycles. The van der Waals surface area contributed by atoms with Gasteiger partial charge in [0.15, 0.2) is 0 Å². The van der Waals surface area contributed by atoms with E-state index in [-0.39, 0.29) is 30.1 Å². The largest absolute Gasteiger partial charge is 0.379 e. The normalized spacial score (nSPS) is 20.2. The average Bonchev–Trinajstić information content (AvgIpc) is 2.75. The molecule has 0 aromatic heterocycles. The molecule has 4 rings (SSSR count). The lowest BCUT2D eigenvalue weighted by atomic mass is 10.0. The number of hydrogen-bond donors (Lipinski definition) is 2. The predicted octanol–water partition coefficient (Wildman–Crippen LogP) is 2.82. The van der Waals surface area contributed by atoms with Crippen molar-refractivity contribution in [2.75, 3.05) is 38.2 Å². The fraction of sp³-hybridized carbons (Fsp3) is 0.364. The molecule has 1 fully saturated rings. The van der Waals surface area contributed by atoms with Crippen molar-refractivity contribution in [1.29, 1.82) is 0 Å². The summed E-state index contributed by atoms with van der Waals surface area (Å²) in [5.74, 6) is -0.661. The molecule has 2 aromatic rings. The van der Waals surface area contributed by atoms with Crippen molar-refractivity contribution < 1.29 is 18.7 Å². The van der Waals surface area contributed by atoms with Crippen LogP contribution in [0.2, 0.25) is 0 Å². The molecule has 0 spiro atoms. The van der Waals surface area contributed by atoms with Crippen LogP contribution in [0.5, 0.6) is 0 Å². The first-order chi connectivity index (χ1) is 14.6. The van der Waals surface area contributed by atoms with Gasteiger partial charge in [0.25, 0.3) is 0 Å². The van der Waals surface area contributed by atoms with Crippen molar-refractivity contribution in [2.24, 2.45) is 0 Å². The number of carbonyl (C=O) groups is 2. The standard InChI is InChI=1S/C22H24FN3O3S/c23-16-5-3-4-15(12-16)18(26-8-10-29-11-9-26)14-24-21(27)13-20-22(28)25-17-6-1-2-7-19(17)30-20/h1-7,12,18,20H,8-11,13-14H2,(H,24,27)(H,25,28). The van der Waals surface area contributed by atoms with Crippen LogP contribution >= 0.6 is 11.8 Å². The van der Waals surface area contributed by atoms with Crippen molar-refractivity contribution in [3.8, 4) is 0 Å². The quantitative estimate of drug-likeness (QED) is 0.739. The van der Waals surface area contributed by atoms with Crippen molar-refractivity contribution in [2.45, 2.75) is 22.6 Å². The van der Waals surface area contributed by atoms with Gasteiger partial charge in [-0.2, -0.15) is 0 Å². The molecular weight excluding hydrogens is 405 g/mol. The number of anilines is 1. The molecule has 1 saturated heterocycles. The Kier molecular flexibility index (Phi) is 6.66. The van der Waals surface area contributed by atoms with Gasteiger partial charge >= 0.3 is 0 Å². The Balaban J connectivity index is 1.39. The van der Waals surface area contributed by atoms with Gasteiger partial charge in [-0.25, -0.2) is 4.39 Å². The minimum atomic E-state index is -0.476. The fourth-order valence-electron chi connectivity index (χ4n) is 3.74. The average molecular weight is 430 g/mol. The lowest BCUT2D eigenvalue weighted by Gasteiger charge is -2.35. The van der Waals surface area contributed by atoms with Gasteiger partial charge in [-0.3, -0.25) is 14.5 Å². The molecule has 0 aliphatic carbocycles. The second-order valence-corrected chi connectivity index (χ2v) is 8.56. The van der Waals surface area contributed by atoms with E-state index in [2.05, 4.69) is 15.5 Å². The number of rotatable bonds is 6. The van der Waals surface area contributed by atoms with Crippen molar-refractivity contribution in [3.05, 3.63) is 59.9 Å². The highest BCUT2D eigenvalue weighted by Crippen LogP contribution is 2.36. The van der Waals surface area contributed by atoms with E-state index in [1.165, 1.54) is 23.9 Å². The van der Waals surface area contributed by atoms with Crippen LogP contribution in [0.4, 0.5) is 10.1 Å². The Hall–Kier alpha value is -2.42. The van der Waals surface area contributed by atoms with Gasteiger partial charge in [0.2, 0.25) is 11.8 Å². The molecule has 2 heterocycles. The SMILES string of the molecule is O=C(CC1Sc2ccccc2NC1=O)NCC(c1cccc(F)c1)N1CCOCC1. The van der Waals surface area contributed by atoms with Crippen molar-refractivity contribution >= 4 is 29.3 Å². The molecule has 2 aliphatic heterocycles. The minimum Gasteiger partial charge on any atom is -0.379 e. The third-order valence-electron chi connectivity index (χ3n) is 5.29. The Morgan fingerprint density at radius 3 is 2.83 bits per heavy atom. The summed E-state index contributed by atoms with van der Waals surface area (Å²) >= 11 is 1.40. The Morgan fingerprint density at radius 1 is 1.23 bits per heavy atom. The number of para-hydroxylation sites is 1. The summed E-state index contributed by atoms with van der Waals surface area (Å²) in [6.45, 7) is 3.00. The van der Waals surface area contributed by atoms with E-state index in [1.54, 1.807) is 6.07 Å². The molecule has 158 valence electrons. The van der Waals surface area contributed by atoms with Gasteiger partial charge in [-0.15, -0.1) is 11.8 Å². The van der Waals surface area contributed by atoms with Crippen molar-refractivity contribution in [1.82, 2.24) is 10.2 Å². The Morgan fingerprint density at radius 2 is 2.03 bits per heavy atom. The summed E-state index contributed by atoms with van der Waals surface area (Å²) in [5, 5.41) is 5.34. The number of nitrogens with one attached hydrogen (secondary N) is 2. The highest BCUT2D eigenvalue weighted by atomic mass is 32.2. The number of ether oxygens (including phenoxy) is 1. The number of hydrogen-bond acceptors (Lipinski definition) is 5. The maximum atomic E-state index is 13.8. The summed E-state index contributed by atoms with van der Waals surface area (Å²) in [7, 11) is 0. The predicted molar refractivity (Wildman–Crippen MR) is 114 cm³/mol. The topological polar surface area (TPSA) is 70.7 Å². The molecule has 2 unspecified atom stereocenters. The van der Waals surface area contributed by atoms with Gasteiger partial charge in [-0.05, 0) is 29.8 Å². The van der Waals surface area contributed by atoms with Crippen LogP contribution in [0.25, 0.3) is 0 Å². The van der Waals surface area contributed by atoms with Crippen molar-refractivity contribution in [3.63, 3.8) is 0 Å². The summed E-state index contributed by atoms with van der Waals surface area (Å²) in [4.78, 5) is 28.1. The lowest BCUT2D eigenvalue weighted by Crippen LogP contribution is -2.44. The number of amides is 2. The number of thioether (sulfide) groups is 1. The minimum absolute atomic E-state index is 0.0871. The fourth-order valence-corrected chi connectivity index (χ4v) is 4.85. The number of halogens is 1. The molecule has 2 amide bonds. The third-order valence-corrected chi connectivity index (χ3v) is 6.57. The molecule has 2 atom stereocenters. The molecule has 30 heavy (non-hydrogen) atoms. The zero-order valence-corrected chi connectivity index (χ0v) is 17.3. The number of nitrogens with zero attached hydrogens (tertiary/aromatic N) is 1. The molecule has 2 aromatic carbocycles. The lowest BCUT2D eigenvalue weighted by molar-refractivity contribution is -0.124. The summed E-state index contributed by atoms with van der Waals surface area (Å²) < 4.78 is 19.2. The summed E-state index contributed by atoms with van der Waals surface area (Å²) in [6, 6.07) is 13.9. The van der Waals surface area contributed by atoms with E-state index in [0.29, 0.717) is 32.8 Å². The highest BCUT2D eigenvalue weighted by Gasteiger charge is 2.29. The van der Waals surface area contributed by atoms with Gasteiger partial charge in [0, 0.05) is 31.0 Å². The van der Waals surface area contributed by atoms with E-state index < -0.39 is 5.25 Å². The van der Waals surface area contributed by atoms with Gasteiger partial charge in [0.1, 0.15) is 5.82 Å². The maximum absolute atomic E-state index is 13.8. The first-order valence-corrected chi connectivity index (χ1v) is 10.9. The number of morpholine rings is 1. The van der Waals surface area contributed by atoms with Crippen LogP contribution in [-0.2, 0) is 14.3 Å². The Labute approximate surface area is 179 Å².